The van der Waals surface area contributed by atoms with Crippen molar-refractivity contribution in [1.29, 1.82) is 0 Å². The summed E-state index contributed by atoms with van der Waals surface area (Å²) in [5, 5.41) is 3.50. The van der Waals surface area contributed by atoms with Gasteiger partial charge in [-0.25, -0.2) is 0 Å². The Balaban J connectivity index is 2.33. The first-order valence-corrected chi connectivity index (χ1v) is 7.11. The molecule has 2 heteroatoms. The first kappa shape index (κ1) is 15.0. The molecule has 102 valence electrons. The van der Waals surface area contributed by atoms with Gasteiger partial charge in [0.15, 0.2) is 0 Å². The van der Waals surface area contributed by atoms with Crippen LogP contribution in [0.1, 0.15) is 44.2 Å². The highest BCUT2D eigenvalue weighted by Gasteiger charge is 2.05. The molecule has 1 aromatic rings. The second-order valence-corrected chi connectivity index (χ2v) is 4.87. The first-order valence-electron chi connectivity index (χ1n) is 7.11. The van der Waals surface area contributed by atoms with Gasteiger partial charge >= 0.3 is 0 Å². The van der Waals surface area contributed by atoms with Crippen LogP contribution in [0.2, 0.25) is 0 Å². The van der Waals surface area contributed by atoms with Crippen LogP contribution >= 0.6 is 0 Å². The van der Waals surface area contributed by atoms with Crippen LogP contribution in [0, 0.1) is 13.8 Å². The minimum absolute atomic E-state index is 0.636. The Morgan fingerprint density at radius 2 is 1.83 bits per heavy atom. The molecule has 1 N–H and O–H groups in total. The Morgan fingerprint density at radius 1 is 1.17 bits per heavy atom. The number of rotatable bonds is 8. The molecule has 1 aromatic carbocycles. The molecular formula is C16H27NO. The summed E-state index contributed by atoms with van der Waals surface area (Å²) in [5.74, 6) is 1.06. The zero-order valence-electron chi connectivity index (χ0n) is 12.3. The van der Waals surface area contributed by atoms with E-state index in [2.05, 4.69) is 51.2 Å². The summed E-state index contributed by atoms with van der Waals surface area (Å²) in [6, 6.07) is 6.93. The van der Waals surface area contributed by atoms with Crippen LogP contribution < -0.4 is 10.1 Å². The lowest BCUT2D eigenvalue weighted by Crippen LogP contribution is -2.28. The van der Waals surface area contributed by atoms with Gasteiger partial charge in [0.1, 0.15) is 5.75 Å². The maximum atomic E-state index is 5.91. The van der Waals surface area contributed by atoms with Crippen LogP contribution in [-0.2, 0) is 0 Å². The van der Waals surface area contributed by atoms with E-state index in [4.69, 9.17) is 4.74 Å². The van der Waals surface area contributed by atoms with E-state index in [-0.39, 0.29) is 0 Å². The number of para-hydroxylation sites is 1. The highest BCUT2D eigenvalue weighted by atomic mass is 16.5. The summed E-state index contributed by atoms with van der Waals surface area (Å²) >= 11 is 0. The van der Waals surface area contributed by atoms with Crippen molar-refractivity contribution in [2.45, 2.75) is 53.0 Å². The van der Waals surface area contributed by atoms with Gasteiger partial charge in [-0.2, -0.15) is 0 Å². The van der Waals surface area contributed by atoms with E-state index in [9.17, 15) is 0 Å². The highest BCUT2D eigenvalue weighted by Crippen LogP contribution is 2.22. The maximum Gasteiger partial charge on any atom is 0.125 e. The number of hydrogen-bond acceptors (Lipinski definition) is 2. The van der Waals surface area contributed by atoms with Crippen molar-refractivity contribution in [2.75, 3.05) is 13.2 Å². The summed E-state index contributed by atoms with van der Waals surface area (Å²) in [4.78, 5) is 0. The third-order valence-corrected chi connectivity index (χ3v) is 3.34. The van der Waals surface area contributed by atoms with Gasteiger partial charge in [-0.05, 0) is 50.8 Å². The van der Waals surface area contributed by atoms with E-state index in [0.717, 1.165) is 25.3 Å². The third kappa shape index (κ3) is 4.69. The summed E-state index contributed by atoms with van der Waals surface area (Å²) < 4.78 is 5.91. The van der Waals surface area contributed by atoms with Crippen LogP contribution in [0.4, 0.5) is 0 Å². The minimum atomic E-state index is 0.636. The Bertz CT molecular complexity index is 329. The van der Waals surface area contributed by atoms with Crippen LogP contribution in [0.15, 0.2) is 18.2 Å². The average Bonchev–Trinajstić information content (AvgIpc) is 2.36. The highest BCUT2D eigenvalue weighted by molar-refractivity contribution is 5.39. The van der Waals surface area contributed by atoms with Crippen molar-refractivity contribution in [3.8, 4) is 5.75 Å². The number of benzene rings is 1. The lowest BCUT2D eigenvalue weighted by molar-refractivity contribution is 0.291. The number of hydrogen-bond donors (Lipinski definition) is 1. The largest absolute Gasteiger partial charge is 0.493 e. The molecule has 0 aromatic heterocycles. The normalized spacial score (nSPS) is 12.4. The molecular weight excluding hydrogens is 222 g/mol. The standard InChI is InChI=1S/C16H27NO/c1-5-15(17-6-2)11-8-12-18-16-13(3)9-7-10-14(16)4/h7,9-10,15,17H,5-6,8,11-12H2,1-4H3. The second-order valence-electron chi connectivity index (χ2n) is 4.87. The Labute approximate surface area is 112 Å². The van der Waals surface area contributed by atoms with Gasteiger partial charge in [-0.3, -0.25) is 0 Å². The summed E-state index contributed by atoms with van der Waals surface area (Å²) in [5.41, 5.74) is 2.46. The van der Waals surface area contributed by atoms with Crippen LogP contribution in [0.5, 0.6) is 5.75 Å². The van der Waals surface area contributed by atoms with Crippen LogP contribution in [-0.4, -0.2) is 19.2 Å². The zero-order chi connectivity index (χ0) is 13.4. The fourth-order valence-corrected chi connectivity index (χ4v) is 2.27. The SMILES string of the molecule is CCNC(CC)CCCOc1c(C)cccc1C. The molecule has 1 unspecified atom stereocenters. The molecule has 0 radical (unpaired) electrons. The van der Waals surface area contributed by atoms with E-state index in [0.29, 0.717) is 6.04 Å². The van der Waals surface area contributed by atoms with Crippen molar-refractivity contribution in [1.82, 2.24) is 5.32 Å². The van der Waals surface area contributed by atoms with Crippen LogP contribution in [0.25, 0.3) is 0 Å². The molecule has 0 aliphatic rings. The minimum Gasteiger partial charge on any atom is -0.493 e. The van der Waals surface area contributed by atoms with Crippen molar-refractivity contribution in [3.63, 3.8) is 0 Å². The van der Waals surface area contributed by atoms with E-state index in [1.165, 1.54) is 24.0 Å². The van der Waals surface area contributed by atoms with E-state index >= 15 is 0 Å². The third-order valence-electron chi connectivity index (χ3n) is 3.34. The average molecular weight is 249 g/mol. The number of aryl methyl sites for hydroxylation is 2. The summed E-state index contributed by atoms with van der Waals surface area (Å²) in [6.07, 6.45) is 3.49. The summed E-state index contributed by atoms with van der Waals surface area (Å²) in [7, 11) is 0. The number of nitrogens with one attached hydrogen (secondary N) is 1. The lowest BCUT2D eigenvalue weighted by atomic mass is 10.1. The molecule has 2 nitrogen and oxygen atoms in total. The van der Waals surface area contributed by atoms with E-state index < -0.39 is 0 Å². The fraction of sp³-hybridized carbons (Fsp3) is 0.625. The second kappa shape index (κ2) is 8.15. The van der Waals surface area contributed by atoms with Crippen molar-refractivity contribution in [2.24, 2.45) is 0 Å². The monoisotopic (exact) mass is 249 g/mol. The first-order chi connectivity index (χ1) is 8.69. The van der Waals surface area contributed by atoms with Gasteiger partial charge in [-0.1, -0.05) is 32.0 Å². The molecule has 0 saturated heterocycles. The van der Waals surface area contributed by atoms with Gasteiger partial charge < -0.3 is 10.1 Å². The van der Waals surface area contributed by atoms with Crippen molar-refractivity contribution < 1.29 is 4.74 Å². The lowest BCUT2D eigenvalue weighted by Gasteiger charge is -2.16. The molecule has 0 fully saturated rings. The molecule has 18 heavy (non-hydrogen) atoms. The van der Waals surface area contributed by atoms with E-state index in [1.807, 2.05) is 0 Å². The topological polar surface area (TPSA) is 21.3 Å². The molecule has 0 spiro atoms. The van der Waals surface area contributed by atoms with Gasteiger partial charge in [0, 0.05) is 6.04 Å². The van der Waals surface area contributed by atoms with Gasteiger partial charge in [-0.15, -0.1) is 0 Å². The molecule has 0 aliphatic heterocycles. The van der Waals surface area contributed by atoms with Crippen molar-refractivity contribution in [3.05, 3.63) is 29.3 Å². The molecule has 0 amide bonds. The Morgan fingerprint density at radius 3 is 2.39 bits per heavy atom. The zero-order valence-corrected chi connectivity index (χ0v) is 12.3. The van der Waals surface area contributed by atoms with Crippen LogP contribution in [0.3, 0.4) is 0 Å². The molecule has 0 saturated carbocycles. The fourth-order valence-electron chi connectivity index (χ4n) is 2.27. The predicted octanol–water partition coefficient (Wildman–Crippen LogP) is 3.85. The molecule has 1 rings (SSSR count). The molecule has 1 atom stereocenters. The molecule has 0 aliphatic carbocycles. The smallest absolute Gasteiger partial charge is 0.125 e. The van der Waals surface area contributed by atoms with E-state index in [1.54, 1.807) is 0 Å². The maximum absolute atomic E-state index is 5.91. The van der Waals surface area contributed by atoms with Gasteiger partial charge in [0.25, 0.3) is 0 Å². The predicted molar refractivity (Wildman–Crippen MR) is 78.4 cm³/mol. The van der Waals surface area contributed by atoms with Gasteiger partial charge in [0.2, 0.25) is 0 Å². The quantitative estimate of drug-likeness (QED) is 0.707. The van der Waals surface area contributed by atoms with Gasteiger partial charge in [0.05, 0.1) is 6.61 Å². The summed E-state index contributed by atoms with van der Waals surface area (Å²) in [6.45, 7) is 10.5. The van der Waals surface area contributed by atoms with Crippen molar-refractivity contribution >= 4 is 0 Å². The molecule has 0 heterocycles. The molecule has 0 bridgehead atoms. The Hall–Kier alpha value is -1.02. The number of ether oxygens (including phenoxy) is 1. The Kier molecular flexibility index (Phi) is 6.81.